The van der Waals surface area contributed by atoms with E-state index in [0.29, 0.717) is 12.8 Å². The maximum absolute atomic E-state index is 12.3. The van der Waals surface area contributed by atoms with E-state index in [9.17, 15) is 4.79 Å². The summed E-state index contributed by atoms with van der Waals surface area (Å²) in [6.45, 7) is 3.50. The number of benzene rings is 1. The number of carbonyl (C=O) groups excluding carboxylic acids is 1. The van der Waals surface area contributed by atoms with Crippen molar-refractivity contribution in [1.82, 2.24) is 10.2 Å². The van der Waals surface area contributed by atoms with Crippen molar-refractivity contribution < 1.29 is 14.3 Å². The molecule has 2 heterocycles. The second-order valence-electron chi connectivity index (χ2n) is 6.44. The lowest BCUT2D eigenvalue weighted by molar-refractivity contribution is 0.174. The third-order valence-corrected chi connectivity index (χ3v) is 4.97. The summed E-state index contributed by atoms with van der Waals surface area (Å²) in [6.07, 6.45) is 4.73. The molecule has 0 radical (unpaired) electrons. The van der Waals surface area contributed by atoms with Crippen molar-refractivity contribution in [3.05, 3.63) is 18.2 Å². The Hall–Kier alpha value is -2.11. The lowest BCUT2D eigenvalue weighted by Gasteiger charge is -2.36. The average molecular weight is 317 g/mol. The molecular formula is C17H23N3O3. The molecule has 1 aromatic carbocycles. The van der Waals surface area contributed by atoms with E-state index in [1.54, 1.807) is 0 Å². The normalized spacial score (nSPS) is 20.9. The molecule has 2 fully saturated rings. The van der Waals surface area contributed by atoms with Gasteiger partial charge in [-0.3, -0.25) is 0 Å². The molecular weight excluding hydrogens is 294 g/mol. The fourth-order valence-corrected chi connectivity index (χ4v) is 3.59. The van der Waals surface area contributed by atoms with Gasteiger partial charge in [-0.1, -0.05) is 12.8 Å². The first-order chi connectivity index (χ1) is 11.3. The molecule has 1 aliphatic carbocycles. The number of amides is 2. The topological polar surface area (TPSA) is 54.0 Å². The molecule has 6 heteroatoms. The number of nitrogens with zero attached hydrogens (tertiary/aromatic N) is 2. The maximum Gasteiger partial charge on any atom is 0.317 e. The Balaban J connectivity index is 1.32. The third kappa shape index (κ3) is 3.02. The SMILES string of the molecule is O=C(NC1CCCC1)N1CCN(c2ccc3c(c2)OCO3)CC1. The molecule has 3 aliphatic rings. The molecule has 1 saturated heterocycles. The number of fused-ring (bicyclic) bond motifs is 1. The summed E-state index contributed by atoms with van der Waals surface area (Å²) >= 11 is 0. The zero-order chi connectivity index (χ0) is 15.6. The van der Waals surface area contributed by atoms with Gasteiger partial charge in [0.1, 0.15) is 0 Å². The highest BCUT2D eigenvalue weighted by Gasteiger charge is 2.25. The zero-order valence-electron chi connectivity index (χ0n) is 13.3. The summed E-state index contributed by atoms with van der Waals surface area (Å²) < 4.78 is 10.8. The maximum atomic E-state index is 12.3. The zero-order valence-corrected chi connectivity index (χ0v) is 13.3. The minimum atomic E-state index is 0.0993. The van der Waals surface area contributed by atoms with Crippen LogP contribution in [0.15, 0.2) is 18.2 Å². The lowest BCUT2D eigenvalue weighted by Crippen LogP contribution is -2.53. The predicted octanol–water partition coefficient (Wildman–Crippen LogP) is 2.19. The summed E-state index contributed by atoms with van der Waals surface area (Å²) in [5, 5.41) is 3.17. The number of carbonyl (C=O) groups is 1. The van der Waals surface area contributed by atoms with Crippen molar-refractivity contribution in [3.63, 3.8) is 0 Å². The number of nitrogens with one attached hydrogen (secondary N) is 1. The van der Waals surface area contributed by atoms with Crippen LogP contribution in [0.2, 0.25) is 0 Å². The molecule has 23 heavy (non-hydrogen) atoms. The second-order valence-corrected chi connectivity index (χ2v) is 6.44. The fourth-order valence-electron chi connectivity index (χ4n) is 3.59. The number of anilines is 1. The van der Waals surface area contributed by atoms with E-state index >= 15 is 0 Å². The van der Waals surface area contributed by atoms with Crippen LogP contribution in [-0.4, -0.2) is 49.9 Å². The molecule has 1 saturated carbocycles. The number of hydrogen-bond donors (Lipinski definition) is 1. The van der Waals surface area contributed by atoms with E-state index < -0.39 is 0 Å². The Morgan fingerprint density at radius 1 is 1.04 bits per heavy atom. The second kappa shape index (κ2) is 6.18. The molecule has 0 spiro atoms. The Kier molecular flexibility index (Phi) is 3.89. The molecule has 6 nitrogen and oxygen atoms in total. The van der Waals surface area contributed by atoms with Gasteiger partial charge in [-0.05, 0) is 25.0 Å². The summed E-state index contributed by atoms with van der Waals surface area (Å²) in [5.41, 5.74) is 1.13. The van der Waals surface area contributed by atoms with Gasteiger partial charge in [-0.2, -0.15) is 0 Å². The van der Waals surface area contributed by atoms with Gasteiger partial charge >= 0.3 is 6.03 Å². The van der Waals surface area contributed by atoms with Crippen LogP contribution in [0, 0.1) is 0 Å². The molecule has 2 aliphatic heterocycles. The number of hydrogen-bond acceptors (Lipinski definition) is 4. The molecule has 124 valence electrons. The highest BCUT2D eigenvalue weighted by atomic mass is 16.7. The molecule has 1 aromatic rings. The Morgan fingerprint density at radius 2 is 1.78 bits per heavy atom. The Bertz CT molecular complexity index is 578. The molecule has 4 rings (SSSR count). The number of urea groups is 1. The van der Waals surface area contributed by atoms with Crippen molar-refractivity contribution in [1.29, 1.82) is 0 Å². The van der Waals surface area contributed by atoms with Gasteiger partial charge < -0.3 is 24.6 Å². The van der Waals surface area contributed by atoms with Crippen molar-refractivity contribution in [2.24, 2.45) is 0 Å². The van der Waals surface area contributed by atoms with Gasteiger partial charge in [0.05, 0.1) is 0 Å². The first-order valence-corrected chi connectivity index (χ1v) is 8.50. The van der Waals surface area contributed by atoms with Crippen LogP contribution in [0.25, 0.3) is 0 Å². The molecule has 0 bridgehead atoms. The van der Waals surface area contributed by atoms with Crippen molar-refractivity contribution in [2.75, 3.05) is 37.9 Å². The smallest absolute Gasteiger partial charge is 0.317 e. The van der Waals surface area contributed by atoms with Crippen LogP contribution in [-0.2, 0) is 0 Å². The monoisotopic (exact) mass is 317 g/mol. The van der Waals surface area contributed by atoms with E-state index in [1.807, 2.05) is 17.0 Å². The highest BCUT2D eigenvalue weighted by Crippen LogP contribution is 2.35. The standard InChI is InChI=1S/C17H23N3O3/c21-17(18-13-3-1-2-4-13)20-9-7-19(8-10-20)14-5-6-15-16(11-14)23-12-22-15/h5-6,11,13H,1-4,7-10,12H2,(H,18,21). The van der Waals surface area contributed by atoms with Gasteiger partial charge in [0.2, 0.25) is 6.79 Å². The first kappa shape index (κ1) is 14.5. The van der Waals surface area contributed by atoms with Crippen molar-refractivity contribution in [2.45, 2.75) is 31.7 Å². The molecule has 2 amide bonds. The molecule has 0 atom stereocenters. The van der Waals surface area contributed by atoms with Crippen LogP contribution in [0.1, 0.15) is 25.7 Å². The largest absolute Gasteiger partial charge is 0.454 e. The van der Waals surface area contributed by atoms with Crippen molar-refractivity contribution in [3.8, 4) is 11.5 Å². The number of piperazine rings is 1. The highest BCUT2D eigenvalue weighted by molar-refractivity contribution is 5.75. The first-order valence-electron chi connectivity index (χ1n) is 8.50. The van der Waals surface area contributed by atoms with Gasteiger partial charge in [-0.15, -0.1) is 0 Å². The van der Waals surface area contributed by atoms with Gasteiger partial charge in [-0.25, -0.2) is 4.79 Å². The van der Waals surface area contributed by atoms with Crippen molar-refractivity contribution >= 4 is 11.7 Å². The van der Waals surface area contributed by atoms with Crippen LogP contribution < -0.4 is 19.7 Å². The Labute approximate surface area is 136 Å². The number of rotatable bonds is 2. The van der Waals surface area contributed by atoms with E-state index in [4.69, 9.17) is 9.47 Å². The van der Waals surface area contributed by atoms with E-state index in [-0.39, 0.29) is 6.03 Å². The van der Waals surface area contributed by atoms with Crippen LogP contribution >= 0.6 is 0 Å². The quantitative estimate of drug-likeness (QED) is 0.908. The van der Waals surface area contributed by atoms with Crippen LogP contribution in [0.5, 0.6) is 11.5 Å². The molecule has 0 unspecified atom stereocenters. The third-order valence-electron chi connectivity index (χ3n) is 4.97. The summed E-state index contributed by atoms with van der Waals surface area (Å²) in [5.74, 6) is 1.62. The lowest BCUT2D eigenvalue weighted by atomic mass is 10.2. The van der Waals surface area contributed by atoms with E-state index in [1.165, 1.54) is 12.8 Å². The summed E-state index contributed by atoms with van der Waals surface area (Å²) in [4.78, 5) is 16.5. The molecule has 1 N–H and O–H groups in total. The van der Waals surface area contributed by atoms with Gasteiger partial charge in [0.25, 0.3) is 0 Å². The molecule has 0 aromatic heterocycles. The van der Waals surface area contributed by atoms with E-state index in [0.717, 1.165) is 56.2 Å². The van der Waals surface area contributed by atoms with Gasteiger partial charge in [0, 0.05) is 44.0 Å². The number of ether oxygens (including phenoxy) is 2. The minimum Gasteiger partial charge on any atom is -0.454 e. The predicted molar refractivity (Wildman–Crippen MR) is 87.1 cm³/mol. The minimum absolute atomic E-state index is 0.0993. The summed E-state index contributed by atoms with van der Waals surface area (Å²) in [7, 11) is 0. The Morgan fingerprint density at radius 3 is 2.57 bits per heavy atom. The van der Waals surface area contributed by atoms with Crippen LogP contribution in [0.3, 0.4) is 0 Å². The van der Waals surface area contributed by atoms with Crippen LogP contribution in [0.4, 0.5) is 10.5 Å². The summed E-state index contributed by atoms with van der Waals surface area (Å²) in [6, 6.07) is 6.52. The van der Waals surface area contributed by atoms with E-state index in [2.05, 4.69) is 16.3 Å². The fraction of sp³-hybridized carbons (Fsp3) is 0.588. The average Bonchev–Trinajstić information content (AvgIpc) is 3.25. The van der Waals surface area contributed by atoms with Gasteiger partial charge in [0.15, 0.2) is 11.5 Å².